The summed E-state index contributed by atoms with van der Waals surface area (Å²) in [4.78, 5) is 28.5. The van der Waals surface area contributed by atoms with E-state index in [0.29, 0.717) is 26.5 Å². The molecule has 14 heteroatoms. The second-order valence-corrected chi connectivity index (χ2v) is 9.68. The van der Waals surface area contributed by atoms with E-state index >= 15 is 4.39 Å². The number of alkyl halides is 2. The molecule has 0 amide bonds. The van der Waals surface area contributed by atoms with Gasteiger partial charge in [-0.1, -0.05) is 6.07 Å². The lowest BCUT2D eigenvalue weighted by Crippen LogP contribution is -2.59. The lowest BCUT2D eigenvalue weighted by atomic mass is 10.0. The molecule has 1 fully saturated rings. The molecule has 5 rings (SSSR count). The average Bonchev–Trinajstić information content (AvgIpc) is 3.26. The Morgan fingerprint density at radius 3 is 2.47 bits per heavy atom. The van der Waals surface area contributed by atoms with Crippen LogP contribution in [0.25, 0.3) is 22.2 Å². The number of nitrogens with zero attached hydrogens (tertiary/aromatic N) is 4. The van der Waals surface area contributed by atoms with E-state index in [4.69, 9.17) is 4.74 Å². The Kier molecular flexibility index (Phi) is 5.64. The summed E-state index contributed by atoms with van der Waals surface area (Å²) >= 11 is 0. The van der Waals surface area contributed by atoms with Crippen LogP contribution in [0.15, 0.2) is 49.1 Å². The second-order valence-electron chi connectivity index (χ2n) is 8.01. The third kappa shape index (κ3) is 4.24. The van der Waals surface area contributed by atoms with Crippen molar-refractivity contribution >= 4 is 32.7 Å². The van der Waals surface area contributed by atoms with Crippen molar-refractivity contribution in [2.24, 2.45) is 0 Å². The number of pyridine rings is 1. The SMILES string of the molecule is COc1ncc(-c2cnc3[nH]cc(C(=O)c4cccc(NS(=O)(=O)N5CC(F)(F)C5)c4F)c3c2)cn1. The molecule has 0 atom stereocenters. The topological polar surface area (TPSA) is 130 Å². The molecular weight excluding hydrogens is 501 g/mol. The van der Waals surface area contributed by atoms with Crippen LogP contribution in [0, 0.1) is 5.82 Å². The molecule has 186 valence electrons. The molecule has 36 heavy (non-hydrogen) atoms. The number of H-pyrrole nitrogens is 1. The van der Waals surface area contributed by atoms with E-state index in [0.717, 1.165) is 6.07 Å². The van der Waals surface area contributed by atoms with E-state index in [1.165, 1.54) is 37.8 Å². The fraction of sp³-hybridized carbons (Fsp3) is 0.182. The van der Waals surface area contributed by atoms with E-state index < -0.39 is 52.1 Å². The summed E-state index contributed by atoms with van der Waals surface area (Å²) in [6.07, 6.45) is 5.96. The number of carbonyl (C=O) groups is 1. The van der Waals surface area contributed by atoms with Crippen molar-refractivity contribution in [2.45, 2.75) is 5.92 Å². The summed E-state index contributed by atoms with van der Waals surface area (Å²) in [7, 11) is -2.99. The average molecular weight is 518 g/mol. The zero-order valence-corrected chi connectivity index (χ0v) is 19.3. The molecule has 0 aliphatic carbocycles. The van der Waals surface area contributed by atoms with Crippen molar-refractivity contribution in [3.63, 3.8) is 0 Å². The molecule has 1 aliphatic rings. The first-order valence-corrected chi connectivity index (χ1v) is 11.8. The number of fused-ring (bicyclic) bond motifs is 1. The molecule has 0 saturated carbocycles. The smallest absolute Gasteiger partial charge is 0.316 e. The molecule has 1 aliphatic heterocycles. The molecule has 10 nitrogen and oxygen atoms in total. The number of halogens is 3. The van der Waals surface area contributed by atoms with Gasteiger partial charge in [-0.2, -0.15) is 12.7 Å². The van der Waals surface area contributed by atoms with Crippen LogP contribution in [0.2, 0.25) is 0 Å². The Hall–Kier alpha value is -4.04. The maximum absolute atomic E-state index is 15.2. The van der Waals surface area contributed by atoms with Crippen LogP contribution >= 0.6 is 0 Å². The first-order chi connectivity index (χ1) is 17.1. The number of methoxy groups -OCH3 is 1. The van der Waals surface area contributed by atoms with Crippen molar-refractivity contribution in [1.29, 1.82) is 0 Å². The number of carbonyl (C=O) groups excluding carboxylic acids is 1. The van der Waals surface area contributed by atoms with E-state index in [1.54, 1.807) is 12.3 Å². The summed E-state index contributed by atoms with van der Waals surface area (Å²) in [5, 5.41) is 0.390. The van der Waals surface area contributed by atoms with E-state index in [2.05, 4.69) is 19.9 Å². The monoisotopic (exact) mass is 518 g/mol. The third-order valence-electron chi connectivity index (χ3n) is 5.56. The number of aromatic nitrogens is 4. The van der Waals surface area contributed by atoms with Gasteiger partial charge in [0.15, 0.2) is 11.6 Å². The molecule has 0 unspecified atom stereocenters. The summed E-state index contributed by atoms with van der Waals surface area (Å²) < 4.78 is 73.4. The second kappa shape index (κ2) is 8.57. The molecule has 0 radical (unpaired) electrons. The summed E-state index contributed by atoms with van der Waals surface area (Å²) in [5.74, 6) is -5.01. The minimum Gasteiger partial charge on any atom is -0.467 e. The largest absolute Gasteiger partial charge is 0.467 e. The molecular formula is C22H17F3N6O4S. The van der Waals surface area contributed by atoms with Crippen molar-refractivity contribution in [2.75, 3.05) is 24.9 Å². The number of nitrogens with one attached hydrogen (secondary N) is 2. The van der Waals surface area contributed by atoms with Gasteiger partial charge in [-0.05, 0) is 18.2 Å². The molecule has 0 spiro atoms. The normalized spacial score (nSPS) is 15.4. The van der Waals surface area contributed by atoms with Crippen molar-refractivity contribution < 1.29 is 31.1 Å². The summed E-state index contributed by atoms with van der Waals surface area (Å²) in [6.45, 7) is -2.01. The number of ether oxygens (including phenoxy) is 1. The predicted octanol–water partition coefficient (Wildman–Crippen LogP) is 3.01. The number of rotatable bonds is 7. The van der Waals surface area contributed by atoms with E-state index in [-0.39, 0.29) is 11.6 Å². The van der Waals surface area contributed by atoms with E-state index in [9.17, 15) is 22.0 Å². The molecule has 3 aromatic heterocycles. The van der Waals surface area contributed by atoms with Crippen molar-refractivity contribution in [3.8, 4) is 17.1 Å². The minimum absolute atomic E-state index is 0.0927. The fourth-order valence-electron chi connectivity index (χ4n) is 3.69. The first kappa shape index (κ1) is 23.7. The molecule has 2 N–H and O–H groups in total. The Labute approximate surface area is 202 Å². The molecule has 4 aromatic rings. The Bertz CT molecular complexity index is 1580. The number of anilines is 1. The molecule has 1 aromatic carbocycles. The van der Waals surface area contributed by atoms with Crippen LogP contribution in [0.4, 0.5) is 18.9 Å². The van der Waals surface area contributed by atoms with Gasteiger partial charge in [0.2, 0.25) is 0 Å². The van der Waals surface area contributed by atoms with E-state index in [1.807, 2.05) is 4.72 Å². The highest BCUT2D eigenvalue weighted by Crippen LogP contribution is 2.31. The van der Waals surface area contributed by atoms with Gasteiger partial charge in [-0.3, -0.25) is 9.52 Å². The van der Waals surface area contributed by atoms with Crippen LogP contribution in [-0.4, -0.2) is 64.6 Å². The standard InChI is InChI=1S/C22H17F3N6O4S/c1-35-21-28-7-13(8-29-21)12-5-15-16(9-27-20(15)26-6-12)19(32)14-3-2-4-17(18(14)23)30-36(33,34)31-10-22(24,25)11-31/h2-9,30H,10-11H2,1H3,(H,26,27). The van der Waals surface area contributed by atoms with Crippen LogP contribution in [-0.2, 0) is 10.2 Å². The quantitative estimate of drug-likeness (QED) is 0.360. The van der Waals surface area contributed by atoms with Gasteiger partial charge < -0.3 is 9.72 Å². The molecule has 0 bridgehead atoms. The Morgan fingerprint density at radius 1 is 1.11 bits per heavy atom. The minimum atomic E-state index is -4.43. The number of ketones is 1. The zero-order chi connectivity index (χ0) is 25.7. The Balaban J connectivity index is 1.46. The van der Waals surface area contributed by atoms with Crippen LogP contribution in [0.5, 0.6) is 6.01 Å². The lowest BCUT2D eigenvalue weighted by molar-refractivity contribution is -0.0942. The van der Waals surface area contributed by atoms with Crippen LogP contribution < -0.4 is 9.46 Å². The number of hydrogen-bond acceptors (Lipinski definition) is 7. The number of aromatic amines is 1. The predicted molar refractivity (Wildman–Crippen MR) is 123 cm³/mol. The first-order valence-electron chi connectivity index (χ1n) is 10.4. The van der Waals surface area contributed by atoms with Crippen LogP contribution in [0.3, 0.4) is 0 Å². The van der Waals surface area contributed by atoms with Crippen molar-refractivity contribution in [1.82, 2.24) is 24.2 Å². The summed E-state index contributed by atoms with van der Waals surface area (Å²) in [5.41, 5.74) is 0.701. The Morgan fingerprint density at radius 2 is 1.81 bits per heavy atom. The van der Waals surface area contributed by atoms with Gasteiger partial charge >= 0.3 is 16.2 Å². The zero-order valence-electron chi connectivity index (χ0n) is 18.5. The van der Waals surface area contributed by atoms with Gasteiger partial charge in [-0.15, -0.1) is 0 Å². The fourth-order valence-corrected chi connectivity index (χ4v) is 4.98. The maximum Gasteiger partial charge on any atom is 0.316 e. The highest BCUT2D eigenvalue weighted by atomic mass is 32.2. The number of hydrogen-bond donors (Lipinski definition) is 2. The van der Waals surface area contributed by atoms with Gasteiger partial charge in [0.25, 0.3) is 5.92 Å². The third-order valence-corrected chi connectivity index (χ3v) is 6.97. The van der Waals surface area contributed by atoms with Crippen LogP contribution in [0.1, 0.15) is 15.9 Å². The van der Waals surface area contributed by atoms with Gasteiger partial charge in [0.1, 0.15) is 5.65 Å². The van der Waals surface area contributed by atoms with Gasteiger partial charge in [-0.25, -0.2) is 28.1 Å². The lowest BCUT2D eigenvalue weighted by Gasteiger charge is -2.37. The summed E-state index contributed by atoms with van der Waals surface area (Å²) in [6, 6.07) is 5.41. The number of benzene rings is 1. The van der Waals surface area contributed by atoms with Gasteiger partial charge in [0, 0.05) is 46.9 Å². The van der Waals surface area contributed by atoms with Crippen molar-refractivity contribution in [3.05, 3.63) is 66.0 Å². The highest BCUT2D eigenvalue weighted by Gasteiger charge is 2.49. The highest BCUT2D eigenvalue weighted by molar-refractivity contribution is 7.90. The van der Waals surface area contributed by atoms with Gasteiger partial charge in [0.05, 0.1) is 31.5 Å². The molecule has 4 heterocycles. The molecule has 1 saturated heterocycles. The maximum atomic E-state index is 15.2.